The first kappa shape index (κ1) is 11.6. The van der Waals surface area contributed by atoms with Gasteiger partial charge in [0, 0.05) is 12.6 Å². The summed E-state index contributed by atoms with van der Waals surface area (Å²) in [5.41, 5.74) is 2.30. The topological polar surface area (TPSA) is 37.4 Å². The molecule has 1 heterocycles. The molecule has 0 saturated carbocycles. The van der Waals surface area contributed by atoms with E-state index in [9.17, 15) is 8.42 Å². The summed E-state index contributed by atoms with van der Waals surface area (Å²) in [6.07, 6.45) is 0.627. The molecule has 4 heteroatoms. The van der Waals surface area contributed by atoms with Crippen LogP contribution in [0.3, 0.4) is 0 Å². The Morgan fingerprint density at radius 2 is 1.81 bits per heavy atom. The van der Waals surface area contributed by atoms with Crippen molar-refractivity contribution in [2.45, 2.75) is 32.9 Å². The maximum atomic E-state index is 12.0. The lowest BCUT2D eigenvalue weighted by atomic mass is 10.1. The number of sulfonamides is 1. The van der Waals surface area contributed by atoms with Crippen LogP contribution in [0.5, 0.6) is 0 Å². The van der Waals surface area contributed by atoms with E-state index >= 15 is 0 Å². The number of benzene rings is 1. The van der Waals surface area contributed by atoms with Gasteiger partial charge in [0.1, 0.15) is 0 Å². The summed E-state index contributed by atoms with van der Waals surface area (Å²) in [5, 5.41) is 0. The second-order valence-electron chi connectivity index (χ2n) is 4.47. The van der Waals surface area contributed by atoms with Crippen LogP contribution in [0.2, 0.25) is 0 Å². The molecule has 1 aromatic rings. The van der Waals surface area contributed by atoms with Gasteiger partial charge in [0.2, 0.25) is 10.0 Å². The fourth-order valence-corrected chi connectivity index (χ4v) is 3.77. The molecule has 0 radical (unpaired) electrons. The zero-order valence-corrected chi connectivity index (χ0v) is 10.5. The summed E-state index contributed by atoms with van der Waals surface area (Å²) in [6.45, 7) is 4.35. The molecule has 0 aliphatic carbocycles. The predicted octanol–water partition coefficient (Wildman–Crippen LogP) is 1.78. The third kappa shape index (κ3) is 2.13. The Kier molecular flexibility index (Phi) is 3.04. The minimum atomic E-state index is -3.09. The number of hydrogen-bond acceptors (Lipinski definition) is 2. The first-order valence-corrected chi connectivity index (χ1v) is 7.18. The second-order valence-corrected chi connectivity index (χ2v) is 6.51. The van der Waals surface area contributed by atoms with Crippen molar-refractivity contribution in [2.75, 3.05) is 5.75 Å². The third-order valence-electron chi connectivity index (χ3n) is 3.01. The number of nitrogens with zero attached hydrogens (tertiary/aromatic N) is 1. The summed E-state index contributed by atoms with van der Waals surface area (Å²) in [6, 6.07) is 8.00. The van der Waals surface area contributed by atoms with Crippen LogP contribution in [0.15, 0.2) is 24.3 Å². The van der Waals surface area contributed by atoms with E-state index < -0.39 is 10.0 Å². The highest BCUT2D eigenvalue weighted by atomic mass is 32.2. The summed E-state index contributed by atoms with van der Waals surface area (Å²) in [7, 11) is -3.09. The fraction of sp³-hybridized carbons (Fsp3) is 0.500. The van der Waals surface area contributed by atoms with Crippen molar-refractivity contribution in [3.05, 3.63) is 35.4 Å². The lowest BCUT2D eigenvalue weighted by Gasteiger charge is -2.23. The zero-order chi connectivity index (χ0) is 11.8. The molecule has 3 nitrogen and oxygen atoms in total. The molecule has 1 aromatic carbocycles. The van der Waals surface area contributed by atoms with E-state index in [2.05, 4.69) is 0 Å². The number of aryl methyl sites for hydroxylation is 1. The number of rotatable bonds is 1. The summed E-state index contributed by atoms with van der Waals surface area (Å²) < 4.78 is 25.7. The lowest BCUT2D eigenvalue weighted by molar-refractivity contribution is 0.351. The van der Waals surface area contributed by atoms with Crippen molar-refractivity contribution in [3.63, 3.8) is 0 Å². The van der Waals surface area contributed by atoms with Crippen LogP contribution in [0.1, 0.15) is 25.0 Å². The molecule has 0 atom stereocenters. The Labute approximate surface area is 97.1 Å². The monoisotopic (exact) mass is 239 g/mol. The number of hydrogen-bond donors (Lipinski definition) is 0. The first-order chi connectivity index (χ1) is 7.50. The second kappa shape index (κ2) is 4.18. The van der Waals surface area contributed by atoms with Crippen molar-refractivity contribution in [1.82, 2.24) is 4.31 Å². The van der Waals surface area contributed by atoms with E-state index in [1.54, 1.807) is 4.31 Å². The molecule has 0 bridgehead atoms. The minimum Gasteiger partial charge on any atom is -0.212 e. The summed E-state index contributed by atoms with van der Waals surface area (Å²) in [5.74, 6) is 0.224. The Morgan fingerprint density at radius 1 is 1.19 bits per heavy atom. The van der Waals surface area contributed by atoms with Crippen molar-refractivity contribution in [2.24, 2.45) is 0 Å². The molecule has 0 aromatic heterocycles. The van der Waals surface area contributed by atoms with Gasteiger partial charge in [-0.1, -0.05) is 24.3 Å². The van der Waals surface area contributed by atoms with Crippen LogP contribution in [-0.2, 0) is 23.0 Å². The molecule has 0 spiro atoms. The predicted molar refractivity (Wildman–Crippen MR) is 64.6 cm³/mol. The summed E-state index contributed by atoms with van der Waals surface area (Å²) in [4.78, 5) is 0. The average Bonchev–Trinajstić information content (AvgIpc) is 2.36. The Morgan fingerprint density at radius 3 is 2.44 bits per heavy atom. The van der Waals surface area contributed by atoms with Crippen LogP contribution in [-0.4, -0.2) is 24.5 Å². The van der Waals surface area contributed by atoms with Gasteiger partial charge >= 0.3 is 0 Å². The molecule has 0 N–H and O–H groups in total. The fourth-order valence-electron chi connectivity index (χ4n) is 2.08. The van der Waals surface area contributed by atoms with Gasteiger partial charge in [0.25, 0.3) is 0 Å². The molecule has 16 heavy (non-hydrogen) atoms. The van der Waals surface area contributed by atoms with E-state index in [0.29, 0.717) is 13.0 Å². The van der Waals surface area contributed by atoms with Gasteiger partial charge in [-0.15, -0.1) is 0 Å². The SMILES string of the molecule is CC(C)N1Cc2ccccc2CCS1(=O)=O. The van der Waals surface area contributed by atoms with E-state index in [1.165, 1.54) is 0 Å². The smallest absolute Gasteiger partial charge is 0.212 e. The average molecular weight is 239 g/mol. The quantitative estimate of drug-likeness (QED) is 0.749. The Hall–Kier alpha value is -0.870. The maximum Gasteiger partial charge on any atom is 0.214 e. The van der Waals surface area contributed by atoms with Gasteiger partial charge < -0.3 is 0 Å². The minimum absolute atomic E-state index is 0.0242. The van der Waals surface area contributed by atoms with Crippen molar-refractivity contribution in [3.8, 4) is 0 Å². The lowest BCUT2D eigenvalue weighted by Crippen LogP contribution is -2.36. The zero-order valence-electron chi connectivity index (χ0n) is 9.68. The van der Waals surface area contributed by atoms with E-state index in [-0.39, 0.29) is 11.8 Å². The van der Waals surface area contributed by atoms with E-state index in [1.807, 2.05) is 38.1 Å². The Balaban J connectivity index is 2.42. The van der Waals surface area contributed by atoms with E-state index in [4.69, 9.17) is 0 Å². The van der Waals surface area contributed by atoms with Crippen molar-refractivity contribution < 1.29 is 8.42 Å². The third-order valence-corrected chi connectivity index (χ3v) is 4.99. The molecule has 0 unspecified atom stereocenters. The van der Waals surface area contributed by atoms with Gasteiger partial charge in [-0.25, -0.2) is 8.42 Å². The molecule has 88 valence electrons. The molecule has 1 aliphatic rings. The molecule has 2 rings (SSSR count). The van der Waals surface area contributed by atoms with Gasteiger partial charge in [0.05, 0.1) is 5.75 Å². The standard InChI is InChI=1S/C12H17NO2S/c1-10(2)13-9-12-6-4-3-5-11(12)7-8-16(13,14)15/h3-6,10H,7-9H2,1-2H3. The van der Waals surface area contributed by atoms with Gasteiger partial charge in [-0.3, -0.25) is 0 Å². The van der Waals surface area contributed by atoms with Gasteiger partial charge in [-0.05, 0) is 31.4 Å². The Bertz CT molecular complexity index is 480. The van der Waals surface area contributed by atoms with Crippen LogP contribution in [0, 0.1) is 0 Å². The largest absolute Gasteiger partial charge is 0.214 e. The molecule has 1 aliphatic heterocycles. The van der Waals surface area contributed by atoms with Crippen LogP contribution in [0.4, 0.5) is 0 Å². The molecule has 0 amide bonds. The highest BCUT2D eigenvalue weighted by molar-refractivity contribution is 7.89. The van der Waals surface area contributed by atoms with Gasteiger partial charge in [-0.2, -0.15) is 4.31 Å². The summed E-state index contributed by atoms with van der Waals surface area (Å²) >= 11 is 0. The van der Waals surface area contributed by atoms with Crippen LogP contribution in [0.25, 0.3) is 0 Å². The van der Waals surface area contributed by atoms with Crippen LogP contribution < -0.4 is 0 Å². The highest BCUT2D eigenvalue weighted by Crippen LogP contribution is 2.22. The van der Waals surface area contributed by atoms with Crippen LogP contribution >= 0.6 is 0 Å². The molecule has 0 saturated heterocycles. The maximum absolute atomic E-state index is 12.0. The van der Waals surface area contributed by atoms with Crippen molar-refractivity contribution in [1.29, 1.82) is 0 Å². The van der Waals surface area contributed by atoms with Gasteiger partial charge in [0.15, 0.2) is 0 Å². The molecular formula is C12H17NO2S. The van der Waals surface area contributed by atoms with Crippen molar-refractivity contribution >= 4 is 10.0 Å². The first-order valence-electron chi connectivity index (χ1n) is 5.57. The molecular weight excluding hydrogens is 222 g/mol. The molecule has 0 fully saturated rings. The van der Waals surface area contributed by atoms with E-state index in [0.717, 1.165) is 11.1 Å². The number of fused-ring (bicyclic) bond motifs is 1. The highest BCUT2D eigenvalue weighted by Gasteiger charge is 2.28. The normalized spacial score (nSPS) is 20.4.